The molecule has 0 unspecified atom stereocenters. The van der Waals surface area contributed by atoms with Crippen molar-refractivity contribution in [2.75, 3.05) is 13.7 Å². The molecule has 3 aliphatic rings. The Morgan fingerprint density at radius 1 is 1.13 bits per heavy atom. The average molecular weight is 638 g/mol. The number of carbonyl (C=O) groups excluding carboxylic acids is 2. The van der Waals surface area contributed by atoms with E-state index < -0.39 is 8.07 Å². The summed E-state index contributed by atoms with van der Waals surface area (Å²) in [5.74, 6) is 1.55. The second-order valence-electron chi connectivity index (χ2n) is 15.0. The molecule has 0 amide bonds. The number of Topliss-reactive ketones (excluding diaryl/α,β-unsaturated/α-hetero) is 1. The van der Waals surface area contributed by atoms with Crippen LogP contribution in [0.4, 0.5) is 0 Å². The largest absolute Gasteiger partial charge is 0.469 e. The Labute approximate surface area is 273 Å². The molecule has 6 nitrogen and oxygen atoms in total. The van der Waals surface area contributed by atoms with Crippen LogP contribution < -0.4 is 0 Å². The molecule has 0 bridgehead atoms. The molecule has 1 saturated heterocycles. The third-order valence-electron chi connectivity index (χ3n) is 10.8. The number of rotatable bonds is 14. The summed E-state index contributed by atoms with van der Waals surface area (Å²) in [7, 11) is 0.266. The molecular formula is C38H59NO5Si. The number of hydrogen-bond acceptors (Lipinski definition) is 5. The number of hydrogen-bond donors (Lipinski definition) is 0. The number of allylic oxidation sites excluding steroid dienone is 5. The lowest BCUT2D eigenvalue weighted by Gasteiger charge is -2.38. The molecule has 45 heavy (non-hydrogen) atoms. The molecule has 1 saturated carbocycles. The van der Waals surface area contributed by atoms with Gasteiger partial charge in [-0.05, 0) is 86.4 Å². The highest BCUT2D eigenvalue weighted by atomic mass is 28.3. The van der Waals surface area contributed by atoms with Crippen LogP contribution in [0.15, 0.2) is 54.3 Å². The molecule has 1 aliphatic heterocycles. The maximum absolute atomic E-state index is 14.4. The summed E-state index contributed by atoms with van der Waals surface area (Å²) in [4.78, 5) is 26.7. The van der Waals surface area contributed by atoms with Gasteiger partial charge in [0.15, 0.2) is 5.78 Å². The Hall–Kier alpha value is -2.22. The minimum atomic E-state index is -1.18. The highest BCUT2D eigenvalue weighted by molar-refractivity contribution is 6.76. The van der Waals surface area contributed by atoms with Crippen molar-refractivity contribution in [2.24, 2.45) is 41.4 Å². The first-order chi connectivity index (χ1) is 21.5. The maximum atomic E-state index is 14.4. The van der Waals surface area contributed by atoms with Crippen molar-refractivity contribution in [1.29, 1.82) is 0 Å². The third-order valence-corrected chi connectivity index (χ3v) is 12.5. The van der Waals surface area contributed by atoms with E-state index in [1.807, 2.05) is 29.8 Å². The molecule has 7 heteroatoms. The number of fused-ring (bicyclic) bond motifs is 1. The van der Waals surface area contributed by atoms with Gasteiger partial charge in [-0.1, -0.05) is 77.2 Å². The van der Waals surface area contributed by atoms with Crippen LogP contribution in [0.3, 0.4) is 0 Å². The number of ketones is 1. The second kappa shape index (κ2) is 16.1. The zero-order valence-electron chi connectivity index (χ0n) is 29.2. The van der Waals surface area contributed by atoms with E-state index in [4.69, 9.17) is 14.2 Å². The monoisotopic (exact) mass is 637 g/mol. The summed E-state index contributed by atoms with van der Waals surface area (Å²) in [5.41, 5.74) is 2.00. The molecule has 0 radical (unpaired) electrons. The van der Waals surface area contributed by atoms with E-state index in [1.165, 1.54) is 19.1 Å². The summed E-state index contributed by atoms with van der Waals surface area (Å²) in [5, 5.41) is 0. The Morgan fingerprint density at radius 2 is 1.91 bits per heavy atom. The molecule has 9 atom stereocenters. The van der Waals surface area contributed by atoms with Crippen molar-refractivity contribution in [3.8, 4) is 0 Å². The van der Waals surface area contributed by atoms with Crippen molar-refractivity contribution in [1.82, 2.24) is 4.57 Å². The zero-order chi connectivity index (χ0) is 32.7. The van der Waals surface area contributed by atoms with Gasteiger partial charge in [-0.15, -0.1) is 0 Å². The summed E-state index contributed by atoms with van der Waals surface area (Å²) in [6.45, 7) is 16.8. The van der Waals surface area contributed by atoms with Crippen LogP contribution in [0.5, 0.6) is 0 Å². The van der Waals surface area contributed by atoms with Gasteiger partial charge in [0.2, 0.25) is 0 Å². The highest BCUT2D eigenvalue weighted by Gasteiger charge is 2.46. The van der Waals surface area contributed by atoms with E-state index in [9.17, 15) is 9.59 Å². The van der Waals surface area contributed by atoms with Gasteiger partial charge in [0, 0.05) is 32.7 Å². The Balaban J connectivity index is 1.54. The third kappa shape index (κ3) is 8.78. The average Bonchev–Trinajstić information content (AvgIpc) is 3.67. The van der Waals surface area contributed by atoms with Crippen molar-refractivity contribution < 1.29 is 23.8 Å². The number of methoxy groups -OCH3 is 1. The zero-order valence-corrected chi connectivity index (χ0v) is 30.2. The normalized spacial score (nSPS) is 31.2. The van der Waals surface area contributed by atoms with Crippen LogP contribution in [0.2, 0.25) is 25.7 Å². The van der Waals surface area contributed by atoms with Crippen molar-refractivity contribution >= 4 is 19.8 Å². The van der Waals surface area contributed by atoms with Crippen molar-refractivity contribution in [2.45, 2.75) is 111 Å². The van der Waals surface area contributed by atoms with E-state index in [-0.39, 0.29) is 41.7 Å². The molecule has 250 valence electrons. The van der Waals surface area contributed by atoms with Gasteiger partial charge in [0.25, 0.3) is 0 Å². The van der Waals surface area contributed by atoms with Gasteiger partial charge >= 0.3 is 5.97 Å². The van der Waals surface area contributed by atoms with Gasteiger partial charge in [-0.3, -0.25) is 9.59 Å². The Morgan fingerprint density at radius 3 is 2.60 bits per heavy atom. The van der Waals surface area contributed by atoms with Crippen LogP contribution in [0.1, 0.15) is 76.7 Å². The smallest absolute Gasteiger partial charge is 0.311 e. The van der Waals surface area contributed by atoms with E-state index >= 15 is 0 Å². The molecule has 1 aromatic heterocycles. The predicted molar refractivity (Wildman–Crippen MR) is 185 cm³/mol. The lowest BCUT2D eigenvalue weighted by Crippen LogP contribution is -2.40. The van der Waals surface area contributed by atoms with Crippen LogP contribution >= 0.6 is 0 Å². The lowest BCUT2D eigenvalue weighted by atomic mass is 9.67. The molecule has 1 aromatic rings. The summed E-state index contributed by atoms with van der Waals surface area (Å²) >= 11 is 0. The van der Waals surface area contributed by atoms with E-state index in [1.54, 1.807) is 0 Å². The van der Waals surface area contributed by atoms with Crippen molar-refractivity contribution in [3.63, 3.8) is 0 Å². The highest BCUT2D eigenvalue weighted by Crippen LogP contribution is 2.50. The maximum Gasteiger partial charge on any atom is 0.311 e. The number of ether oxygens (including phenoxy) is 3. The summed E-state index contributed by atoms with van der Waals surface area (Å²) in [6.07, 6.45) is 19.3. The number of aromatic nitrogens is 1. The first-order valence-corrected chi connectivity index (χ1v) is 21.3. The van der Waals surface area contributed by atoms with Crippen LogP contribution in [0.25, 0.3) is 0 Å². The minimum absolute atomic E-state index is 0.0291. The molecule has 2 aliphatic carbocycles. The van der Waals surface area contributed by atoms with Crippen LogP contribution in [-0.4, -0.2) is 50.3 Å². The summed E-state index contributed by atoms with van der Waals surface area (Å²) in [6, 6.07) is 5.08. The standard InChI is InChI=1S/C38H59NO5Si/c1-9-28-17-20-32-31(28)19-18-30(35(32)36(40)33-15-12-22-39(33)25-43-23-24-45(6,7)8)14-11-13-29(10-2)37-26(3)16-21-34(44-37)27(4)38(41)42-5/h11-15,18-19,22,26-28,30-32,34-35,37H,9-10,16-17,20-21,23-25H2,1-8H3/b14-11+,29-13+/t26-,27+,28-,30+,31+,32+,34+,35+,37+/m0/s1. The Bertz CT molecular complexity index is 1220. The lowest BCUT2D eigenvalue weighted by molar-refractivity contribution is -0.156. The number of carbonyl (C=O) groups is 2. The molecule has 0 aromatic carbocycles. The second-order valence-corrected chi connectivity index (χ2v) is 20.6. The van der Waals surface area contributed by atoms with Gasteiger partial charge in [0.1, 0.15) is 6.73 Å². The summed E-state index contributed by atoms with van der Waals surface area (Å²) < 4.78 is 19.6. The first kappa shape index (κ1) is 35.6. The molecule has 0 spiro atoms. The van der Waals surface area contributed by atoms with Gasteiger partial charge in [0.05, 0.1) is 30.9 Å². The number of nitrogens with zero attached hydrogens (tertiary/aromatic N) is 1. The van der Waals surface area contributed by atoms with Crippen molar-refractivity contribution in [3.05, 3.63) is 60.0 Å². The minimum Gasteiger partial charge on any atom is -0.469 e. The Kier molecular flexibility index (Phi) is 12.7. The topological polar surface area (TPSA) is 66.8 Å². The molecule has 2 fully saturated rings. The first-order valence-electron chi connectivity index (χ1n) is 17.5. The molecular weight excluding hydrogens is 579 g/mol. The van der Waals surface area contributed by atoms with E-state index in [2.05, 4.69) is 70.8 Å². The fraction of sp³-hybridized carbons (Fsp3) is 0.684. The SMILES string of the molecule is CC/C(=C\C=C\[C@@H]1C=C[C@@H]2[C@@H](CC)CC[C@H]2[C@@H]1C(=O)c1cccn1COCC[Si](C)(C)C)[C@@H]1O[C@@H]([C@@H](C)C(=O)OC)CC[C@@H]1C. The quantitative estimate of drug-likeness (QED) is 0.0510. The number of esters is 1. The molecule has 4 rings (SSSR count). The van der Waals surface area contributed by atoms with Gasteiger partial charge in [-0.2, -0.15) is 0 Å². The van der Waals surface area contributed by atoms with Gasteiger partial charge in [-0.25, -0.2) is 0 Å². The van der Waals surface area contributed by atoms with E-state index in [0.29, 0.717) is 30.4 Å². The fourth-order valence-electron chi connectivity index (χ4n) is 7.86. The van der Waals surface area contributed by atoms with Crippen LogP contribution in [0, 0.1) is 41.4 Å². The van der Waals surface area contributed by atoms with Gasteiger partial charge < -0.3 is 18.8 Å². The molecule has 2 heterocycles. The fourth-order valence-corrected chi connectivity index (χ4v) is 8.62. The van der Waals surface area contributed by atoms with E-state index in [0.717, 1.165) is 50.4 Å². The predicted octanol–water partition coefficient (Wildman–Crippen LogP) is 8.72. The van der Waals surface area contributed by atoms with Crippen LogP contribution in [-0.2, 0) is 25.7 Å². The molecule has 0 N–H and O–H groups in total.